The topological polar surface area (TPSA) is 21.7 Å². The molecule has 1 aliphatic heterocycles. The predicted octanol–water partition coefficient (Wildman–Crippen LogP) is 1.91. The number of likely N-dealkylation sites (tertiary alicyclic amines) is 1. The highest BCUT2D eigenvalue weighted by molar-refractivity contribution is 4.77. The lowest BCUT2D eigenvalue weighted by Gasteiger charge is -2.28. The number of hydrogen-bond donors (Lipinski definition) is 0. The molecule has 0 aromatic carbocycles. The van der Waals surface area contributed by atoms with E-state index in [0.717, 1.165) is 26.1 Å². The minimum Gasteiger partial charge on any atom is -0.380 e. The summed E-state index contributed by atoms with van der Waals surface area (Å²) in [5, 5.41) is 0. The molecule has 0 aliphatic carbocycles. The van der Waals surface area contributed by atoms with Gasteiger partial charge >= 0.3 is 0 Å². The van der Waals surface area contributed by atoms with Crippen molar-refractivity contribution in [3.8, 4) is 0 Å². The van der Waals surface area contributed by atoms with Crippen LogP contribution in [0.15, 0.2) is 0 Å². The number of methoxy groups -OCH3 is 1. The van der Waals surface area contributed by atoms with Crippen LogP contribution in [-0.2, 0) is 9.47 Å². The van der Waals surface area contributed by atoms with Gasteiger partial charge in [0.15, 0.2) is 0 Å². The quantitative estimate of drug-likeness (QED) is 0.715. The van der Waals surface area contributed by atoms with Gasteiger partial charge in [0.1, 0.15) is 0 Å². The zero-order chi connectivity index (χ0) is 11.5. The summed E-state index contributed by atoms with van der Waals surface area (Å²) in [6.07, 6.45) is 1.87. The van der Waals surface area contributed by atoms with Crippen molar-refractivity contribution in [3.63, 3.8) is 0 Å². The fourth-order valence-electron chi connectivity index (χ4n) is 2.16. The number of ether oxygens (including phenoxy) is 2. The van der Waals surface area contributed by atoms with Gasteiger partial charge in [-0.05, 0) is 34.1 Å². The van der Waals surface area contributed by atoms with Crippen molar-refractivity contribution in [1.29, 1.82) is 0 Å². The van der Waals surface area contributed by atoms with E-state index >= 15 is 0 Å². The first kappa shape index (κ1) is 12.9. The van der Waals surface area contributed by atoms with Gasteiger partial charge in [-0.3, -0.25) is 4.90 Å². The van der Waals surface area contributed by atoms with Gasteiger partial charge in [0.2, 0.25) is 0 Å². The Morgan fingerprint density at radius 2 is 2.07 bits per heavy atom. The molecule has 3 heteroatoms. The Hall–Kier alpha value is -0.120. The summed E-state index contributed by atoms with van der Waals surface area (Å²) in [6.45, 7) is 11.6. The molecule has 3 nitrogen and oxygen atoms in total. The monoisotopic (exact) mass is 215 g/mol. The van der Waals surface area contributed by atoms with E-state index in [0.29, 0.717) is 12.2 Å². The summed E-state index contributed by atoms with van der Waals surface area (Å²) < 4.78 is 11.2. The molecule has 0 unspecified atom stereocenters. The van der Waals surface area contributed by atoms with Gasteiger partial charge in [-0.15, -0.1) is 0 Å². The van der Waals surface area contributed by atoms with Crippen LogP contribution in [0.1, 0.15) is 34.1 Å². The summed E-state index contributed by atoms with van der Waals surface area (Å²) in [4.78, 5) is 2.42. The van der Waals surface area contributed by atoms with Gasteiger partial charge in [-0.25, -0.2) is 0 Å². The molecule has 0 amide bonds. The third kappa shape index (κ3) is 4.96. The van der Waals surface area contributed by atoms with E-state index in [4.69, 9.17) is 9.47 Å². The van der Waals surface area contributed by atoms with Crippen molar-refractivity contribution in [2.75, 3.05) is 26.7 Å². The van der Waals surface area contributed by atoms with Crippen LogP contribution in [0.3, 0.4) is 0 Å². The van der Waals surface area contributed by atoms with E-state index in [1.54, 1.807) is 7.11 Å². The molecule has 0 bridgehead atoms. The van der Waals surface area contributed by atoms with E-state index < -0.39 is 0 Å². The van der Waals surface area contributed by atoms with Crippen molar-refractivity contribution in [1.82, 2.24) is 4.90 Å². The van der Waals surface area contributed by atoms with E-state index in [9.17, 15) is 0 Å². The summed E-state index contributed by atoms with van der Waals surface area (Å²) in [5.41, 5.74) is -0.0419. The maximum atomic E-state index is 5.89. The molecule has 1 saturated heterocycles. The fraction of sp³-hybridized carbons (Fsp3) is 1.00. The van der Waals surface area contributed by atoms with Crippen LogP contribution in [0.25, 0.3) is 0 Å². The average Bonchev–Trinajstić information content (AvgIpc) is 2.48. The first-order valence-corrected chi connectivity index (χ1v) is 5.83. The van der Waals surface area contributed by atoms with E-state index in [1.165, 1.54) is 0 Å². The molecule has 0 radical (unpaired) electrons. The Kier molecular flexibility index (Phi) is 4.56. The highest BCUT2D eigenvalue weighted by Gasteiger charge is 2.24. The van der Waals surface area contributed by atoms with Crippen LogP contribution in [0.2, 0.25) is 0 Å². The summed E-state index contributed by atoms with van der Waals surface area (Å²) >= 11 is 0. The fourth-order valence-corrected chi connectivity index (χ4v) is 2.16. The molecule has 0 spiro atoms. The van der Waals surface area contributed by atoms with Crippen molar-refractivity contribution >= 4 is 0 Å². The Morgan fingerprint density at radius 1 is 1.40 bits per heavy atom. The average molecular weight is 215 g/mol. The molecule has 15 heavy (non-hydrogen) atoms. The van der Waals surface area contributed by atoms with Crippen molar-refractivity contribution in [2.24, 2.45) is 0 Å². The van der Waals surface area contributed by atoms with Crippen LogP contribution in [-0.4, -0.2) is 49.5 Å². The lowest BCUT2D eigenvalue weighted by molar-refractivity contribution is -0.0618. The molecule has 1 rings (SSSR count). The summed E-state index contributed by atoms with van der Waals surface area (Å²) in [7, 11) is 1.79. The zero-order valence-electron chi connectivity index (χ0n) is 10.7. The van der Waals surface area contributed by atoms with E-state index in [-0.39, 0.29) is 5.60 Å². The Morgan fingerprint density at radius 3 is 2.53 bits per heavy atom. The molecular weight excluding hydrogens is 190 g/mol. The lowest BCUT2D eigenvalue weighted by atomic mass is 10.2. The zero-order valence-corrected chi connectivity index (χ0v) is 10.7. The third-order valence-electron chi connectivity index (χ3n) is 2.63. The second kappa shape index (κ2) is 5.28. The Labute approximate surface area is 93.7 Å². The molecule has 0 saturated carbocycles. The standard InChI is InChI=1S/C12H25NO2/c1-10(15-12(2,3)4)8-13-7-6-11(9-13)14-5/h10-11H,6-9H2,1-5H3/t10-,11+/m1/s1. The van der Waals surface area contributed by atoms with Crippen molar-refractivity contribution in [2.45, 2.75) is 51.9 Å². The van der Waals surface area contributed by atoms with Gasteiger partial charge in [0.25, 0.3) is 0 Å². The lowest BCUT2D eigenvalue weighted by Crippen LogP contribution is -2.35. The number of hydrogen-bond acceptors (Lipinski definition) is 3. The normalized spacial score (nSPS) is 25.8. The molecule has 1 aliphatic rings. The Bertz CT molecular complexity index is 189. The molecule has 0 N–H and O–H groups in total. The van der Waals surface area contributed by atoms with Crippen molar-refractivity contribution in [3.05, 3.63) is 0 Å². The highest BCUT2D eigenvalue weighted by Crippen LogP contribution is 2.15. The van der Waals surface area contributed by atoms with Gasteiger partial charge in [-0.2, -0.15) is 0 Å². The minimum absolute atomic E-state index is 0.0419. The maximum absolute atomic E-state index is 5.89. The molecule has 0 aromatic heterocycles. The van der Waals surface area contributed by atoms with Gasteiger partial charge in [0.05, 0.1) is 17.8 Å². The molecule has 0 aromatic rings. The predicted molar refractivity (Wildman–Crippen MR) is 62.2 cm³/mol. The summed E-state index contributed by atoms with van der Waals surface area (Å²) in [5.74, 6) is 0. The van der Waals surface area contributed by atoms with E-state index in [2.05, 4.69) is 32.6 Å². The number of rotatable bonds is 4. The van der Waals surface area contributed by atoms with Crippen molar-refractivity contribution < 1.29 is 9.47 Å². The maximum Gasteiger partial charge on any atom is 0.0710 e. The first-order chi connectivity index (χ1) is 6.90. The van der Waals surface area contributed by atoms with Crippen LogP contribution < -0.4 is 0 Å². The molecule has 1 fully saturated rings. The number of nitrogens with zero attached hydrogens (tertiary/aromatic N) is 1. The smallest absolute Gasteiger partial charge is 0.0710 e. The molecule has 1 heterocycles. The van der Waals surface area contributed by atoms with Gasteiger partial charge < -0.3 is 9.47 Å². The molecular formula is C12H25NO2. The van der Waals surface area contributed by atoms with Gasteiger partial charge in [0, 0.05) is 26.7 Å². The molecule has 90 valence electrons. The second-order valence-electron chi connectivity index (χ2n) is 5.45. The van der Waals surface area contributed by atoms with Crippen LogP contribution in [0, 0.1) is 0 Å². The SMILES string of the molecule is CO[C@H]1CCN(C[C@@H](C)OC(C)(C)C)C1. The third-order valence-corrected chi connectivity index (χ3v) is 2.63. The summed E-state index contributed by atoms with van der Waals surface area (Å²) in [6, 6.07) is 0. The van der Waals surface area contributed by atoms with Crippen LogP contribution in [0.5, 0.6) is 0 Å². The largest absolute Gasteiger partial charge is 0.380 e. The van der Waals surface area contributed by atoms with E-state index in [1.807, 2.05) is 0 Å². The van der Waals surface area contributed by atoms with Gasteiger partial charge in [-0.1, -0.05) is 0 Å². The van der Waals surface area contributed by atoms with Crippen LogP contribution >= 0.6 is 0 Å². The van der Waals surface area contributed by atoms with Crippen LogP contribution in [0.4, 0.5) is 0 Å². The Balaban J connectivity index is 2.24. The molecule has 2 atom stereocenters. The second-order valence-corrected chi connectivity index (χ2v) is 5.45. The highest BCUT2D eigenvalue weighted by atomic mass is 16.5. The minimum atomic E-state index is -0.0419. The first-order valence-electron chi connectivity index (χ1n) is 5.83.